The third-order valence-corrected chi connectivity index (χ3v) is 3.12. The second kappa shape index (κ2) is 5.35. The highest BCUT2D eigenvalue weighted by atomic mass is 16.5. The van der Waals surface area contributed by atoms with Gasteiger partial charge in [-0.15, -0.1) is 6.42 Å². The molecular formula is C16H23NO. The van der Waals surface area contributed by atoms with Crippen LogP contribution >= 0.6 is 0 Å². The predicted octanol–water partition coefficient (Wildman–Crippen LogP) is 3.83. The van der Waals surface area contributed by atoms with Crippen molar-refractivity contribution in [1.29, 1.82) is 0 Å². The average Bonchev–Trinajstić information content (AvgIpc) is 2.31. The zero-order valence-electron chi connectivity index (χ0n) is 12.3. The van der Waals surface area contributed by atoms with E-state index in [9.17, 15) is 0 Å². The first-order valence-corrected chi connectivity index (χ1v) is 6.32. The number of benzene rings is 1. The summed E-state index contributed by atoms with van der Waals surface area (Å²) in [5.74, 6) is 3.74. The summed E-state index contributed by atoms with van der Waals surface area (Å²) in [5.41, 5.74) is 4.22. The molecule has 2 nitrogen and oxygen atoms in total. The van der Waals surface area contributed by atoms with Crippen molar-refractivity contribution >= 4 is 5.69 Å². The van der Waals surface area contributed by atoms with E-state index >= 15 is 0 Å². The lowest BCUT2D eigenvalue weighted by atomic mass is 9.99. The van der Waals surface area contributed by atoms with Crippen LogP contribution in [-0.4, -0.2) is 12.1 Å². The largest absolute Gasteiger partial charge is 0.493 e. The van der Waals surface area contributed by atoms with E-state index in [2.05, 4.69) is 38.1 Å². The molecule has 0 aliphatic heterocycles. The molecule has 1 aromatic rings. The second-order valence-corrected chi connectivity index (χ2v) is 5.15. The van der Waals surface area contributed by atoms with Crippen LogP contribution in [0.4, 0.5) is 5.69 Å². The van der Waals surface area contributed by atoms with Crippen LogP contribution in [0, 0.1) is 33.1 Å². The van der Waals surface area contributed by atoms with Gasteiger partial charge in [-0.2, -0.15) is 0 Å². The molecule has 1 aromatic carbocycles. The van der Waals surface area contributed by atoms with Crippen molar-refractivity contribution in [1.82, 2.24) is 0 Å². The number of ether oxygens (including phenoxy) is 1. The number of hydrogen-bond donors (Lipinski definition) is 1. The number of anilines is 1. The lowest BCUT2D eigenvalue weighted by Gasteiger charge is -2.25. The van der Waals surface area contributed by atoms with Gasteiger partial charge in [-0.25, -0.2) is 0 Å². The van der Waals surface area contributed by atoms with E-state index in [1.165, 1.54) is 11.1 Å². The standard InChI is InChI=1S/C16H23NO/c1-8-16(6,7)17-14-10-11(3)15(18-9-2)13(5)12(14)4/h1,10,17H,9H2,2-7H3. The zero-order valence-corrected chi connectivity index (χ0v) is 12.3. The maximum Gasteiger partial charge on any atom is 0.125 e. The highest BCUT2D eigenvalue weighted by Gasteiger charge is 2.17. The number of terminal acetylenes is 1. The first-order valence-electron chi connectivity index (χ1n) is 6.32. The van der Waals surface area contributed by atoms with Crippen molar-refractivity contribution in [2.45, 2.75) is 47.1 Å². The van der Waals surface area contributed by atoms with E-state index in [4.69, 9.17) is 11.2 Å². The molecular weight excluding hydrogens is 222 g/mol. The SMILES string of the molecule is C#CC(C)(C)Nc1cc(C)c(OCC)c(C)c1C. The minimum atomic E-state index is -0.350. The topological polar surface area (TPSA) is 21.3 Å². The van der Waals surface area contributed by atoms with E-state index in [0.29, 0.717) is 6.61 Å². The zero-order chi connectivity index (χ0) is 13.9. The molecule has 0 amide bonds. The molecule has 18 heavy (non-hydrogen) atoms. The van der Waals surface area contributed by atoms with Gasteiger partial charge < -0.3 is 10.1 Å². The van der Waals surface area contributed by atoms with Gasteiger partial charge in [-0.05, 0) is 64.3 Å². The Morgan fingerprint density at radius 2 is 1.89 bits per heavy atom. The Labute approximate surface area is 111 Å². The van der Waals surface area contributed by atoms with Gasteiger partial charge in [0.25, 0.3) is 0 Å². The fraction of sp³-hybridized carbons (Fsp3) is 0.500. The Balaban J connectivity index is 3.22. The van der Waals surface area contributed by atoms with Gasteiger partial charge in [0.1, 0.15) is 5.75 Å². The Morgan fingerprint density at radius 3 is 2.39 bits per heavy atom. The van der Waals surface area contributed by atoms with Crippen LogP contribution in [0.25, 0.3) is 0 Å². The van der Waals surface area contributed by atoms with E-state index in [-0.39, 0.29) is 5.54 Å². The first-order chi connectivity index (χ1) is 8.32. The molecule has 0 saturated heterocycles. The molecule has 0 unspecified atom stereocenters. The summed E-state index contributed by atoms with van der Waals surface area (Å²) in [6, 6.07) is 2.10. The van der Waals surface area contributed by atoms with Crippen molar-refractivity contribution in [2.75, 3.05) is 11.9 Å². The smallest absolute Gasteiger partial charge is 0.125 e. The van der Waals surface area contributed by atoms with E-state index < -0.39 is 0 Å². The van der Waals surface area contributed by atoms with Gasteiger partial charge in [0.05, 0.1) is 12.1 Å². The molecule has 2 heteroatoms. The predicted molar refractivity (Wildman–Crippen MR) is 78.4 cm³/mol. The summed E-state index contributed by atoms with van der Waals surface area (Å²) in [5, 5.41) is 3.40. The van der Waals surface area contributed by atoms with Crippen LogP contribution in [-0.2, 0) is 0 Å². The average molecular weight is 245 g/mol. The van der Waals surface area contributed by atoms with E-state index in [1.807, 2.05) is 20.8 Å². The van der Waals surface area contributed by atoms with Crippen LogP contribution in [0.3, 0.4) is 0 Å². The molecule has 1 N–H and O–H groups in total. The fourth-order valence-corrected chi connectivity index (χ4v) is 1.93. The molecule has 0 atom stereocenters. The van der Waals surface area contributed by atoms with Gasteiger partial charge in [-0.1, -0.05) is 5.92 Å². The molecule has 98 valence electrons. The summed E-state index contributed by atoms with van der Waals surface area (Å²) in [4.78, 5) is 0. The molecule has 0 spiro atoms. The summed E-state index contributed by atoms with van der Waals surface area (Å²) in [6.45, 7) is 12.9. The van der Waals surface area contributed by atoms with Gasteiger partial charge in [0, 0.05) is 5.69 Å². The second-order valence-electron chi connectivity index (χ2n) is 5.15. The molecule has 0 radical (unpaired) electrons. The highest BCUT2D eigenvalue weighted by Crippen LogP contribution is 2.32. The first kappa shape index (κ1) is 14.4. The summed E-state index contributed by atoms with van der Waals surface area (Å²) in [6.07, 6.45) is 5.52. The maximum atomic E-state index is 5.69. The van der Waals surface area contributed by atoms with Crippen LogP contribution in [0.2, 0.25) is 0 Å². The van der Waals surface area contributed by atoms with Crippen molar-refractivity contribution in [2.24, 2.45) is 0 Å². The van der Waals surface area contributed by atoms with Gasteiger partial charge in [-0.3, -0.25) is 0 Å². The number of rotatable bonds is 4. The molecule has 0 saturated carbocycles. The Hall–Kier alpha value is -1.62. The monoisotopic (exact) mass is 245 g/mol. The summed E-state index contributed by atoms with van der Waals surface area (Å²) < 4.78 is 5.69. The molecule has 0 aliphatic carbocycles. The Morgan fingerprint density at radius 1 is 1.28 bits per heavy atom. The molecule has 1 rings (SSSR count). The van der Waals surface area contributed by atoms with Crippen molar-refractivity contribution in [3.8, 4) is 18.1 Å². The minimum absolute atomic E-state index is 0.350. The summed E-state index contributed by atoms with van der Waals surface area (Å²) in [7, 11) is 0. The minimum Gasteiger partial charge on any atom is -0.493 e. The maximum absolute atomic E-state index is 5.69. The van der Waals surface area contributed by atoms with Crippen LogP contribution in [0.5, 0.6) is 5.75 Å². The fourth-order valence-electron chi connectivity index (χ4n) is 1.93. The van der Waals surface area contributed by atoms with Gasteiger partial charge in [0.2, 0.25) is 0 Å². The quantitative estimate of drug-likeness (QED) is 0.814. The lowest BCUT2D eigenvalue weighted by molar-refractivity contribution is 0.335. The third-order valence-electron chi connectivity index (χ3n) is 3.12. The molecule has 0 fully saturated rings. The van der Waals surface area contributed by atoms with E-state index in [0.717, 1.165) is 17.0 Å². The van der Waals surface area contributed by atoms with Crippen molar-refractivity contribution in [3.05, 3.63) is 22.8 Å². The van der Waals surface area contributed by atoms with Gasteiger partial charge in [0.15, 0.2) is 0 Å². The number of hydrogen-bond acceptors (Lipinski definition) is 2. The van der Waals surface area contributed by atoms with Crippen molar-refractivity contribution < 1.29 is 4.74 Å². The Kier molecular flexibility index (Phi) is 4.29. The Bertz CT molecular complexity index is 481. The van der Waals surface area contributed by atoms with Crippen LogP contribution in [0.1, 0.15) is 37.5 Å². The third kappa shape index (κ3) is 2.98. The molecule has 0 heterocycles. The van der Waals surface area contributed by atoms with Crippen molar-refractivity contribution in [3.63, 3.8) is 0 Å². The van der Waals surface area contributed by atoms with Gasteiger partial charge >= 0.3 is 0 Å². The lowest BCUT2D eigenvalue weighted by Crippen LogP contribution is -2.29. The summed E-state index contributed by atoms with van der Waals surface area (Å²) >= 11 is 0. The number of nitrogens with one attached hydrogen (secondary N) is 1. The van der Waals surface area contributed by atoms with Crippen LogP contribution in [0.15, 0.2) is 6.07 Å². The highest BCUT2D eigenvalue weighted by molar-refractivity contribution is 5.63. The molecule has 0 aliphatic rings. The molecule has 0 aromatic heterocycles. The van der Waals surface area contributed by atoms with Crippen LogP contribution < -0.4 is 10.1 Å². The number of aryl methyl sites for hydroxylation is 1. The molecule has 0 bridgehead atoms. The van der Waals surface area contributed by atoms with E-state index in [1.54, 1.807) is 0 Å². The normalized spacial score (nSPS) is 10.9.